The molecule has 0 atom stereocenters. The van der Waals surface area contributed by atoms with Crippen LogP contribution in [0.5, 0.6) is 0 Å². The highest BCUT2D eigenvalue weighted by atomic mass is 16.5. The van der Waals surface area contributed by atoms with E-state index in [2.05, 4.69) is 6.92 Å². The zero-order valence-electron chi connectivity index (χ0n) is 10.4. The van der Waals surface area contributed by atoms with Crippen molar-refractivity contribution in [2.24, 2.45) is 0 Å². The lowest BCUT2D eigenvalue weighted by Crippen LogP contribution is -1.97. The molecule has 0 aliphatic heterocycles. The van der Waals surface area contributed by atoms with Crippen molar-refractivity contribution in [2.45, 2.75) is 19.8 Å². The largest absolute Gasteiger partial charge is 0.501 e. The Morgan fingerprint density at radius 3 is 3.00 bits per heavy atom. The van der Waals surface area contributed by atoms with Crippen LogP contribution >= 0.6 is 0 Å². The quantitative estimate of drug-likeness (QED) is 0.458. The lowest BCUT2D eigenvalue weighted by Gasteiger charge is -2.01. The Labute approximate surface area is 106 Å². The second-order valence-corrected chi connectivity index (χ2v) is 4.04. The van der Waals surface area contributed by atoms with E-state index in [1.54, 1.807) is 18.4 Å². The van der Waals surface area contributed by atoms with Gasteiger partial charge in [-0.1, -0.05) is 31.5 Å². The highest BCUT2D eigenvalue weighted by Crippen LogP contribution is 2.17. The second kappa shape index (κ2) is 6.05. The molecule has 0 spiro atoms. The molecule has 0 bridgehead atoms. The van der Waals surface area contributed by atoms with Gasteiger partial charge in [0.25, 0.3) is 0 Å². The van der Waals surface area contributed by atoms with Gasteiger partial charge in [-0.15, -0.1) is 0 Å². The van der Waals surface area contributed by atoms with E-state index in [0.717, 1.165) is 23.8 Å². The van der Waals surface area contributed by atoms with Crippen molar-refractivity contribution in [1.82, 2.24) is 0 Å². The van der Waals surface area contributed by atoms with Crippen molar-refractivity contribution in [3.05, 3.63) is 52.6 Å². The van der Waals surface area contributed by atoms with Crippen molar-refractivity contribution in [3.63, 3.8) is 0 Å². The van der Waals surface area contributed by atoms with Crippen molar-refractivity contribution < 1.29 is 9.15 Å². The van der Waals surface area contributed by atoms with E-state index in [9.17, 15) is 4.79 Å². The van der Waals surface area contributed by atoms with Gasteiger partial charge in [-0.05, 0) is 24.1 Å². The van der Waals surface area contributed by atoms with Crippen LogP contribution in [-0.4, -0.2) is 6.61 Å². The molecule has 0 amide bonds. The first-order chi connectivity index (χ1) is 8.81. The lowest BCUT2D eigenvalue weighted by molar-refractivity contribution is 0.246. The maximum absolute atomic E-state index is 11.4. The summed E-state index contributed by atoms with van der Waals surface area (Å²) in [7, 11) is 0. The lowest BCUT2D eigenvalue weighted by atomic mass is 10.1. The third-order valence-corrected chi connectivity index (χ3v) is 2.64. The van der Waals surface area contributed by atoms with Gasteiger partial charge in [0.05, 0.1) is 12.9 Å². The van der Waals surface area contributed by atoms with E-state index >= 15 is 0 Å². The Morgan fingerprint density at radius 1 is 1.33 bits per heavy atom. The third kappa shape index (κ3) is 3.00. The summed E-state index contributed by atoms with van der Waals surface area (Å²) in [6, 6.07) is 8.94. The Hall–Kier alpha value is -2.03. The number of hydrogen-bond acceptors (Lipinski definition) is 3. The van der Waals surface area contributed by atoms with Crippen molar-refractivity contribution >= 4 is 17.0 Å². The van der Waals surface area contributed by atoms with Crippen LogP contribution in [0.4, 0.5) is 0 Å². The molecule has 0 saturated heterocycles. The van der Waals surface area contributed by atoms with Gasteiger partial charge in [0.2, 0.25) is 0 Å². The summed E-state index contributed by atoms with van der Waals surface area (Å²) >= 11 is 0. The number of fused-ring (bicyclic) bond motifs is 1. The summed E-state index contributed by atoms with van der Waals surface area (Å²) in [5.41, 5.74) is 1.07. The van der Waals surface area contributed by atoms with Gasteiger partial charge in [-0.25, -0.2) is 4.79 Å². The maximum atomic E-state index is 11.4. The molecule has 0 saturated carbocycles. The number of rotatable bonds is 5. The molecule has 0 N–H and O–H groups in total. The van der Waals surface area contributed by atoms with Crippen LogP contribution in [0.25, 0.3) is 17.0 Å². The normalized spacial score (nSPS) is 11.2. The van der Waals surface area contributed by atoms with Gasteiger partial charge in [-0.2, -0.15) is 0 Å². The molecule has 0 radical (unpaired) electrons. The highest BCUT2D eigenvalue weighted by Gasteiger charge is 2.01. The molecule has 94 valence electrons. The molecule has 1 aromatic carbocycles. The summed E-state index contributed by atoms with van der Waals surface area (Å²) in [6.45, 7) is 2.81. The summed E-state index contributed by atoms with van der Waals surface area (Å²) in [6.07, 6.45) is 5.57. The minimum Gasteiger partial charge on any atom is -0.501 e. The minimum atomic E-state index is -0.345. The van der Waals surface area contributed by atoms with E-state index < -0.39 is 0 Å². The molecule has 2 rings (SSSR count). The Balaban J connectivity index is 2.24. The third-order valence-electron chi connectivity index (χ3n) is 2.64. The molecule has 18 heavy (non-hydrogen) atoms. The van der Waals surface area contributed by atoms with Gasteiger partial charge in [-0.3, -0.25) is 0 Å². The zero-order valence-corrected chi connectivity index (χ0v) is 10.4. The second-order valence-electron chi connectivity index (χ2n) is 4.04. The molecule has 2 aromatic rings. The maximum Gasteiger partial charge on any atom is 0.336 e. The summed E-state index contributed by atoms with van der Waals surface area (Å²) < 4.78 is 10.5. The van der Waals surface area contributed by atoms with Gasteiger partial charge >= 0.3 is 5.63 Å². The van der Waals surface area contributed by atoms with Crippen molar-refractivity contribution in [2.75, 3.05) is 6.61 Å². The van der Waals surface area contributed by atoms with Crippen LogP contribution in [0.3, 0.4) is 0 Å². The van der Waals surface area contributed by atoms with Crippen LogP contribution in [0.2, 0.25) is 0 Å². The number of unbranched alkanes of at least 4 members (excludes halogenated alkanes) is 1. The number of benzene rings is 1. The zero-order chi connectivity index (χ0) is 12.8. The summed E-state index contributed by atoms with van der Waals surface area (Å²) in [5.74, 6) is 0. The predicted molar refractivity (Wildman–Crippen MR) is 72.4 cm³/mol. The van der Waals surface area contributed by atoms with Crippen LogP contribution in [0.15, 0.2) is 45.8 Å². The predicted octanol–water partition coefficient (Wildman–Crippen LogP) is 3.58. The number of para-hydroxylation sites is 1. The van der Waals surface area contributed by atoms with E-state index in [1.807, 2.05) is 18.2 Å². The molecule has 1 heterocycles. The standard InChI is InChI=1S/C15H16O3/c1-2-3-9-17-10-8-12-11-15(16)18-14-7-5-4-6-13(12)14/h4-8,10-11H,2-3,9H2,1H3/b10-8+. The van der Waals surface area contributed by atoms with Gasteiger partial charge in [0.1, 0.15) is 5.58 Å². The highest BCUT2D eigenvalue weighted by molar-refractivity contribution is 5.85. The first-order valence-electron chi connectivity index (χ1n) is 6.12. The number of hydrogen-bond donors (Lipinski definition) is 0. The van der Waals surface area contributed by atoms with E-state index in [0.29, 0.717) is 12.2 Å². The molecule has 0 fully saturated rings. The Bertz CT molecular complexity index is 596. The molecule has 0 aliphatic rings. The first-order valence-corrected chi connectivity index (χ1v) is 6.12. The van der Waals surface area contributed by atoms with Gasteiger partial charge in [0, 0.05) is 11.5 Å². The fourth-order valence-electron chi connectivity index (χ4n) is 1.69. The van der Waals surface area contributed by atoms with Crippen molar-refractivity contribution in [1.29, 1.82) is 0 Å². The Morgan fingerprint density at radius 2 is 2.17 bits per heavy atom. The first kappa shape index (κ1) is 12.4. The molecular formula is C15H16O3. The Kier molecular flexibility index (Phi) is 4.18. The molecule has 0 aliphatic carbocycles. The molecule has 3 heteroatoms. The molecular weight excluding hydrogens is 228 g/mol. The topological polar surface area (TPSA) is 39.4 Å². The van der Waals surface area contributed by atoms with E-state index in [4.69, 9.17) is 9.15 Å². The summed E-state index contributed by atoms with van der Waals surface area (Å²) in [5, 5.41) is 0.910. The SMILES string of the molecule is CCCCO/C=C/c1cc(=O)oc2ccccc12. The van der Waals surface area contributed by atoms with Crippen molar-refractivity contribution in [3.8, 4) is 0 Å². The van der Waals surface area contributed by atoms with Gasteiger partial charge < -0.3 is 9.15 Å². The van der Waals surface area contributed by atoms with Crippen LogP contribution < -0.4 is 5.63 Å². The van der Waals surface area contributed by atoms with Crippen LogP contribution in [0, 0.1) is 0 Å². The number of ether oxygens (including phenoxy) is 1. The van der Waals surface area contributed by atoms with Gasteiger partial charge in [0.15, 0.2) is 0 Å². The minimum absolute atomic E-state index is 0.345. The molecule has 3 nitrogen and oxygen atoms in total. The monoisotopic (exact) mass is 244 g/mol. The van der Waals surface area contributed by atoms with E-state index in [1.165, 1.54) is 6.07 Å². The van der Waals surface area contributed by atoms with Crippen LogP contribution in [-0.2, 0) is 4.74 Å². The molecule has 0 unspecified atom stereocenters. The average Bonchev–Trinajstić information content (AvgIpc) is 2.38. The fourth-order valence-corrected chi connectivity index (χ4v) is 1.69. The smallest absolute Gasteiger partial charge is 0.336 e. The average molecular weight is 244 g/mol. The van der Waals surface area contributed by atoms with Crippen LogP contribution in [0.1, 0.15) is 25.3 Å². The molecule has 1 aromatic heterocycles. The van der Waals surface area contributed by atoms with E-state index in [-0.39, 0.29) is 5.63 Å². The summed E-state index contributed by atoms with van der Waals surface area (Å²) in [4.78, 5) is 11.4. The fraction of sp³-hybridized carbons (Fsp3) is 0.267.